The summed E-state index contributed by atoms with van der Waals surface area (Å²) in [5, 5.41) is 22.1. The van der Waals surface area contributed by atoms with Crippen LogP contribution in [0.5, 0.6) is 0 Å². The maximum atomic E-state index is 13.5. The molecule has 12 nitrogen and oxygen atoms in total. The molecule has 0 aliphatic heterocycles. The van der Waals surface area contributed by atoms with Crippen LogP contribution in [0.2, 0.25) is 5.15 Å². The molecule has 1 atom stereocenters. The number of aryl methyl sites for hydroxylation is 1. The number of rotatable bonds is 6. The van der Waals surface area contributed by atoms with Crippen LogP contribution in [0.25, 0.3) is 11.5 Å². The summed E-state index contributed by atoms with van der Waals surface area (Å²) in [5.41, 5.74) is -0.330. The fraction of sp³-hybridized carbons (Fsp3) is 0.300. The number of pyridine rings is 1. The van der Waals surface area contributed by atoms with Crippen molar-refractivity contribution < 1.29 is 18.7 Å². The summed E-state index contributed by atoms with van der Waals surface area (Å²) in [6.45, 7) is 1.51. The van der Waals surface area contributed by atoms with Crippen molar-refractivity contribution in [2.75, 3.05) is 10.6 Å². The van der Waals surface area contributed by atoms with E-state index in [-0.39, 0.29) is 28.1 Å². The van der Waals surface area contributed by atoms with Crippen molar-refractivity contribution >= 4 is 35.1 Å². The highest BCUT2D eigenvalue weighted by Crippen LogP contribution is 2.45. The van der Waals surface area contributed by atoms with Crippen LogP contribution in [0.15, 0.2) is 24.7 Å². The molecule has 3 aromatic heterocycles. The normalized spacial score (nSPS) is 14.6. The van der Waals surface area contributed by atoms with E-state index in [1.807, 2.05) is 6.07 Å². The summed E-state index contributed by atoms with van der Waals surface area (Å²) in [6, 6.07) is 3.14. The second kappa shape index (κ2) is 8.99. The van der Waals surface area contributed by atoms with Crippen molar-refractivity contribution in [1.29, 1.82) is 5.26 Å². The summed E-state index contributed by atoms with van der Waals surface area (Å²) in [6.07, 6.45) is 2.91. The van der Waals surface area contributed by atoms with Gasteiger partial charge in [0.15, 0.2) is 17.3 Å². The minimum atomic E-state index is -0.982. The van der Waals surface area contributed by atoms with Crippen molar-refractivity contribution in [2.45, 2.75) is 25.9 Å². The van der Waals surface area contributed by atoms with Crippen molar-refractivity contribution in [3.8, 4) is 17.6 Å². The summed E-state index contributed by atoms with van der Waals surface area (Å²) >= 11 is 5.96. The highest BCUT2D eigenvalue weighted by molar-refractivity contribution is 6.30. The Kier molecular flexibility index (Phi) is 6.08. The van der Waals surface area contributed by atoms with E-state index >= 15 is 0 Å². The molecule has 14 heteroatoms. The molecule has 1 aliphatic carbocycles. The van der Waals surface area contributed by atoms with Gasteiger partial charge in [0, 0.05) is 12.6 Å². The Morgan fingerprint density at radius 2 is 1.97 bits per heavy atom. The van der Waals surface area contributed by atoms with Crippen LogP contribution in [0, 0.1) is 22.6 Å². The Labute approximate surface area is 197 Å². The first kappa shape index (κ1) is 23.0. The smallest absolute Gasteiger partial charge is 0.413 e. The number of nitriles is 1. The molecule has 174 valence electrons. The molecule has 1 fully saturated rings. The number of hydrogen-bond donors (Lipinski definition) is 2. The van der Waals surface area contributed by atoms with Gasteiger partial charge in [0.25, 0.3) is 0 Å². The van der Waals surface area contributed by atoms with E-state index in [1.165, 1.54) is 31.0 Å². The predicted octanol–water partition coefficient (Wildman–Crippen LogP) is 3.01. The predicted molar refractivity (Wildman–Crippen MR) is 116 cm³/mol. The molecule has 1 aliphatic rings. The lowest BCUT2D eigenvalue weighted by Gasteiger charge is -2.15. The number of nitrogens with one attached hydrogen (secondary N) is 2. The molecule has 0 radical (unpaired) electrons. The van der Waals surface area contributed by atoms with Gasteiger partial charge in [0.2, 0.25) is 5.91 Å². The van der Waals surface area contributed by atoms with Crippen LogP contribution in [0.1, 0.15) is 31.4 Å². The maximum Gasteiger partial charge on any atom is 0.413 e. The van der Waals surface area contributed by atoms with Gasteiger partial charge in [-0.25, -0.2) is 28.8 Å². The van der Waals surface area contributed by atoms with Gasteiger partial charge in [-0.2, -0.15) is 5.26 Å². The number of aromatic nitrogens is 6. The summed E-state index contributed by atoms with van der Waals surface area (Å²) < 4.78 is 20.0. The Bertz CT molecular complexity index is 1300. The van der Waals surface area contributed by atoms with Crippen LogP contribution in [0.4, 0.5) is 20.7 Å². The second-order valence-corrected chi connectivity index (χ2v) is 7.92. The van der Waals surface area contributed by atoms with Gasteiger partial charge in [-0.3, -0.25) is 10.1 Å². The van der Waals surface area contributed by atoms with E-state index in [1.54, 1.807) is 0 Å². The molecule has 3 heterocycles. The highest BCUT2D eigenvalue weighted by atomic mass is 35.5. The van der Waals surface area contributed by atoms with Crippen LogP contribution in [0.3, 0.4) is 0 Å². The summed E-state index contributed by atoms with van der Waals surface area (Å²) in [7, 11) is 1.54. The number of hydrogen-bond acceptors (Lipinski definition) is 9. The lowest BCUT2D eigenvalue weighted by molar-refractivity contribution is -0.119. The van der Waals surface area contributed by atoms with E-state index in [9.17, 15) is 14.0 Å². The van der Waals surface area contributed by atoms with E-state index in [2.05, 4.69) is 35.9 Å². The van der Waals surface area contributed by atoms with E-state index in [0.29, 0.717) is 18.5 Å². The van der Waals surface area contributed by atoms with Crippen LogP contribution >= 0.6 is 11.6 Å². The third-order valence-corrected chi connectivity index (χ3v) is 5.44. The molecule has 0 aromatic carbocycles. The van der Waals surface area contributed by atoms with Crippen LogP contribution < -0.4 is 10.6 Å². The topological polar surface area (TPSA) is 161 Å². The molecular formula is C20H17ClFN9O3. The van der Waals surface area contributed by atoms with Gasteiger partial charge >= 0.3 is 6.09 Å². The molecule has 4 rings (SSSR count). The SMILES string of the molecule is C[C@@H](OC(=O)Nc1c(-c2ncc(NC(=O)C3(C#N)CC3)cn2)nnn1C)c1cc(F)cnc1Cl. The van der Waals surface area contributed by atoms with E-state index in [0.717, 1.165) is 12.3 Å². The number of carbonyl (C=O) groups is 2. The molecule has 0 bridgehead atoms. The third kappa shape index (κ3) is 4.62. The Hall–Kier alpha value is -4.18. The fourth-order valence-corrected chi connectivity index (χ4v) is 3.26. The van der Waals surface area contributed by atoms with Gasteiger partial charge < -0.3 is 10.1 Å². The Morgan fingerprint density at radius 1 is 1.26 bits per heavy atom. The molecule has 0 saturated heterocycles. The Balaban J connectivity index is 1.46. The lowest BCUT2D eigenvalue weighted by Crippen LogP contribution is -2.22. The van der Waals surface area contributed by atoms with Gasteiger partial charge in [-0.1, -0.05) is 16.8 Å². The average Bonchev–Trinajstić information content (AvgIpc) is 3.54. The van der Waals surface area contributed by atoms with Crippen molar-refractivity contribution in [3.63, 3.8) is 0 Å². The largest absolute Gasteiger partial charge is 0.441 e. The standard InChI is InChI=1S/C20H17ClFN9O3/c1-10(13-5-11(22)6-24-15(13)21)34-19(33)28-17-14(29-30-31(17)2)16-25-7-12(8-26-16)27-18(32)20(9-23)3-4-20/h5-8,10H,3-4H2,1-2H3,(H,27,32)(H,28,33)/t10-/m1/s1. The minimum absolute atomic E-state index is 0.00699. The monoisotopic (exact) mass is 485 g/mol. The van der Waals surface area contributed by atoms with Gasteiger partial charge in [0.1, 0.15) is 22.5 Å². The van der Waals surface area contributed by atoms with Gasteiger partial charge in [-0.05, 0) is 25.8 Å². The average molecular weight is 486 g/mol. The molecule has 0 spiro atoms. The number of carbonyl (C=O) groups excluding carboxylic acids is 2. The second-order valence-electron chi connectivity index (χ2n) is 7.56. The maximum absolute atomic E-state index is 13.5. The summed E-state index contributed by atoms with van der Waals surface area (Å²) in [4.78, 5) is 36.6. The highest BCUT2D eigenvalue weighted by Gasteiger charge is 2.50. The van der Waals surface area contributed by atoms with Crippen molar-refractivity contribution in [1.82, 2.24) is 29.9 Å². The quantitative estimate of drug-likeness (QED) is 0.500. The summed E-state index contributed by atoms with van der Waals surface area (Å²) in [5.74, 6) is -0.768. The Morgan fingerprint density at radius 3 is 2.62 bits per heavy atom. The van der Waals surface area contributed by atoms with Gasteiger partial charge in [0.05, 0.1) is 30.3 Å². The number of nitrogens with zero attached hydrogens (tertiary/aromatic N) is 7. The van der Waals surface area contributed by atoms with Gasteiger partial charge in [-0.15, -0.1) is 5.10 Å². The van der Waals surface area contributed by atoms with Crippen molar-refractivity contribution in [3.05, 3.63) is 41.2 Å². The zero-order valence-electron chi connectivity index (χ0n) is 17.9. The zero-order valence-corrected chi connectivity index (χ0v) is 18.7. The van der Waals surface area contributed by atoms with Crippen LogP contribution in [-0.4, -0.2) is 41.9 Å². The van der Waals surface area contributed by atoms with E-state index in [4.69, 9.17) is 21.6 Å². The van der Waals surface area contributed by atoms with E-state index < -0.39 is 29.3 Å². The number of ether oxygens (including phenoxy) is 1. The third-order valence-electron chi connectivity index (χ3n) is 5.12. The number of anilines is 2. The number of amides is 2. The molecule has 34 heavy (non-hydrogen) atoms. The first-order chi connectivity index (χ1) is 16.2. The first-order valence-corrected chi connectivity index (χ1v) is 10.3. The molecule has 2 amide bonds. The van der Waals surface area contributed by atoms with Crippen LogP contribution in [-0.2, 0) is 16.6 Å². The molecule has 0 unspecified atom stereocenters. The number of halogens is 2. The molecule has 1 saturated carbocycles. The molecule has 2 N–H and O–H groups in total. The molecule has 3 aromatic rings. The fourth-order valence-electron chi connectivity index (χ4n) is 3.00. The lowest BCUT2D eigenvalue weighted by atomic mass is 10.1. The minimum Gasteiger partial charge on any atom is -0.441 e. The first-order valence-electron chi connectivity index (χ1n) is 9.96. The zero-order chi connectivity index (χ0) is 24.5. The van der Waals surface area contributed by atoms with Crippen molar-refractivity contribution in [2.24, 2.45) is 12.5 Å². The molecular weight excluding hydrogens is 469 g/mol.